The Morgan fingerprint density at radius 3 is 2.30 bits per heavy atom. The number of rotatable bonds is 9. The van der Waals surface area contributed by atoms with E-state index < -0.39 is 0 Å². The van der Waals surface area contributed by atoms with E-state index in [1.165, 1.54) is 7.11 Å². The molecule has 2 heterocycles. The fourth-order valence-corrected chi connectivity index (χ4v) is 4.68. The standard InChI is InChI=1S/C31H31N3O3/c1-21(2)18-28-30(37-20-22-12-6-4-7-13-22)33-27(31(36-3)34(28)35)19-25-24-16-10-11-17-26(24)32-29(25)23-14-8-5-9-15-23/h4-17,21,32H,18-20H2,1-3H3. The molecule has 0 unspecified atom stereocenters. The lowest BCUT2D eigenvalue weighted by Crippen LogP contribution is -2.37. The van der Waals surface area contributed by atoms with Crippen LogP contribution in [0, 0.1) is 11.1 Å². The molecule has 0 atom stereocenters. The largest absolute Gasteiger partial charge is 0.616 e. The topological polar surface area (TPSA) is 74.1 Å². The van der Waals surface area contributed by atoms with E-state index in [9.17, 15) is 5.21 Å². The van der Waals surface area contributed by atoms with Crippen LogP contribution in [-0.2, 0) is 19.4 Å². The highest BCUT2D eigenvalue weighted by molar-refractivity contribution is 5.91. The number of benzene rings is 3. The minimum Gasteiger partial charge on any atom is -0.616 e. The molecular formula is C31H31N3O3. The molecule has 0 bridgehead atoms. The van der Waals surface area contributed by atoms with Gasteiger partial charge in [-0.1, -0.05) is 92.7 Å². The lowest BCUT2D eigenvalue weighted by Gasteiger charge is -2.16. The second kappa shape index (κ2) is 10.7. The summed E-state index contributed by atoms with van der Waals surface area (Å²) < 4.78 is 12.7. The Morgan fingerprint density at radius 1 is 0.919 bits per heavy atom. The summed E-state index contributed by atoms with van der Waals surface area (Å²) in [5.74, 6) is 0.798. The molecule has 0 fully saturated rings. The van der Waals surface area contributed by atoms with E-state index >= 15 is 0 Å². The van der Waals surface area contributed by atoms with E-state index in [1.807, 2.05) is 60.7 Å². The van der Waals surface area contributed by atoms with Gasteiger partial charge in [0.15, 0.2) is 5.69 Å². The van der Waals surface area contributed by atoms with E-state index in [2.05, 4.69) is 43.1 Å². The Bertz CT molecular complexity index is 1500. The van der Waals surface area contributed by atoms with Gasteiger partial charge in [0.1, 0.15) is 6.61 Å². The number of aromatic amines is 1. The Labute approximate surface area is 217 Å². The molecule has 0 aliphatic carbocycles. The van der Waals surface area contributed by atoms with Gasteiger partial charge >= 0.3 is 5.88 Å². The first-order chi connectivity index (χ1) is 18.0. The SMILES string of the molecule is COc1c(Cc2c(-c3ccccc3)[nH]c3ccccc23)nc(OCc2ccccc2)c(CC(C)C)[n+]1[O-]. The average molecular weight is 494 g/mol. The Hall–Kier alpha value is -4.32. The summed E-state index contributed by atoms with van der Waals surface area (Å²) in [7, 11) is 1.52. The number of methoxy groups -OCH3 is 1. The van der Waals surface area contributed by atoms with Crippen LogP contribution in [-0.4, -0.2) is 17.1 Å². The first kappa shape index (κ1) is 24.4. The van der Waals surface area contributed by atoms with Crippen molar-refractivity contribution >= 4 is 10.9 Å². The van der Waals surface area contributed by atoms with E-state index in [0.717, 1.165) is 38.0 Å². The number of aromatic nitrogens is 3. The van der Waals surface area contributed by atoms with Crippen molar-refractivity contribution in [2.45, 2.75) is 33.3 Å². The molecule has 0 radical (unpaired) electrons. The maximum atomic E-state index is 13.6. The zero-order valence-electron chi connectivity index (χ0n) is 21.4. The number of nitrogens with zero attached hydrogens (tertiary/aromatic N) is 2. The van der Waals surface area contributed by atoms with Crippen LogP contribution in [0.15, 0.2) is 84.9 Å². The first-order valence-corrected chi connectivity index (χ1v) is 12.6. The lowest BCUT2D eigenvalue weighted by atomic mass is 10.0. The molecule has 0 aliphatic heterocycles. The third-order valence-electron chi connectivity index (χ3n) is 6.39. The molecule has 188 valence electrons. The summed E-state index contributed by atoms with van der Waals surface area (Å²) in [6.45, 7) is 4.46. The molecule has 0 spiro atoms. The van der Waals surface area contributed by atoms with Gasteiger partial charge in [-0.25, -0.2) is 4.98 Å². The van der Waals surface area contributed by atoms with Crippen LogP contribution in [0.25, 0.3) is 22.2 Å². The van der Waals surface area contributed by atoms with Crippen molar-refractivity contribution in [2.24, 2.45) is 5.92 Å². The van der Waals surface area contributed by atoms with Gasteiger partial charge < -0.3 is 19.7 Å². The van der Waals surface area contributed by atoms with Gasteiger partial charge in [-0.15, -0.1) is 4.73 Å². The molecule has 0 saturated carbocycles. The highest BCUT2D eigenvalue weighted by Crippen LogP contribution is 2.34. The maximum Gasteiger partial charge on any atom is 0.402 e. The molecule has 0 amide bonds. The van der Waals surface area contributed by atoms with E-state index in [1.54, 1.807) is 0 Å². The lowest BCUT2D eigenvalue weighted by molar-refractivity contribution is -0.622. The average Bonchev–Trinajstić information content (AvgIpc) is 3.28. The number of H-pyrrole nitrogens is 1. The van der Waals surface area contributed by atoms with Gasteiger partial charge in [0, 0.05) is 23.7 Å². The van der Waals surface area contributed by atoms with Crippen LogP contribution >= 0.6 is 0 Å². The van der Waals surface area contributed by atoms with Crippen LogP contribution in [0.5, 0.6) is 11.8 Å². The number of nitrogens with one attached hydrogen (secondary N) is 1. The van der Waals surface area contributed by atoms with E-state index in [0.29, 0.717) is 36.7 Å². The quantitative estimate of drug-likeness (QED) is 0.195. The van der Waals surface area contributed by atoms with Crippen molar-refractivity contribution in [3.05, 3.63) is 113 Å². The van der Waals surface area contributed by atoms with Gasteiger partial charge in [0.2, 0.25) is 0 Å². The van der Waals surface area contributed by atoms with Crippen molar-refractivity contribution in [3.8, 4) is 23.0 Å². The van der Waals surface area contributed by atoms with Crippen molar-refractivity contribution in [3.63, 3.8) is 0 Å². The van der Waals surface area contributed by atoms with Crippen molar-refractivity contribution in [1.29, 1.82) is 0 Å². The second-order valence-electron chi connectivity index (χ2n) is 9.55. The Kier molecular flexibility index (Phi) is 7.08. The summed E-state index contributed by atoms with van der Waals surface area (Å²) in [6, 6.07) is 28.3. The van der Waals surface area contributed by atoms with Crippen molar-refractivity contribution in [1.82, 2.24) is 9.97 Å². The third kappa shape index (κ3) is 5.14. The van der Waals surface area contributed by atoms with Crippen LogP contribution in [0.2, 0.25) is 0 Å². The second-order valence-corrected chi connectivity index (χ2v) is 9.55. The van der Waals surface area contributed by atoms with Crippen molar-refractivity contribution < 1.29 is 14.2 Å². The fraction of sp³-hybridized carbons (Fsp3) is 0.226. The molecule has 3 aromatic carbocycles. The highest BCUT2D eigenvalue weighted by atomic mass is 16.5. The summed E-state index contributed by atoms with van der Waals surface area (Å²) in [5.41, 5.74) is 6.18. The predicted molar refractivity (Wildman–Crippen MR) is 146 cm³/mol. The van der Waals surface area contributed by atoms with Crippen LogP contribution in [0.4, 0.5) is 0 Å². The molecule has 37 heavy (non-hydrogen) atoms. The first-order valence-electron chi connectivity index (χ1n) is 12.6. The predicted octanol–water partition coefficient (Wildman–Crippen LogP) is 6.24. The molecule has 6 nitrogen and oxygen atoms in total. The third-order valence-corrected chi connectivity index (χ3v) is 6.39. The molecule has 2 aromatic heterocycles. The Balaban J connectivity index is 1.62. The molecule has 5 aromatic rings. The number of ether oxygens (including phenoxy) is 2. The number of fused-ring (bicyclic) bond motifs is 1. The smallest absolute Gasteiger partial charge is 0.402 e. The van der Waals surface area contributed by atoms with E-state index in [-0.39, 0.29) is 11.8 Å². The van der Waals surface area contributed by atoms with E-state index in [4.69, 9.17) is 14.5 Å². The molecule has 0 saturated heterocycles. The van der Waals surface area contributed by atoms with Crippen LogP contribution in [0.1, 0.15) is 36.4 Å². The fourth-order valence-electron chi connectivity index (χ4n) is 4.68. The van der Waals surface area contributed by atoms with Crippen molar-refractivity contribution in [2.75, 3.05) is 7.11 Å². The normalized spacial score (nSPS) is 11.2. The zero-order chi connectivity index (χ0) is 25.8. The maximum absolute atomic E-state index is 13.6. The molecular weight excluding hydrogens is 462 g/mol. The van der Waals surface area contributed by atoms with Gasteiger partial charge in [0.25, 0.3) is 11.6 Å². The molecule has 6 heteroatoms. The molecule has 0 aliphatic rings. The van der Waals surface area contributed by atoms with Gasteiger partial charge in [0.05, 0.1) is 12.8 Å². The molecule has 5 rings (SSSR count). The summed E-state index contributed by atoms with van der Waals surface area (Å²) in [5, 5.41) is 14.7. The minimum atomic E-state index is 0.201. The zero-order valence-corrected chi connectivity index (χ0v) is 21.4. The van der Waals surface area contributed by atoms with Gasteiger partial charge in [-0.2, -0.15) is 0 Å². The number of hydrogen-bond acceptors (Lipinski definition) is 4. The monoisotopic (exact) mass is 493 g/mol. The minimum absolute atomic E-state index is 0.201. The summed E-state index contributed by atoms with van der Waals surface area (Å²) in [4.78, 5) is 8.47. The molecule has 1 N–H and O–H groups in total. The van der Waals surface area contributed by atoms with Crippen LogP contribution in [0.3, 0.4) is 0 Å². The highest BCUT2D eigenvalue weighted by Gasteiger charge is 2.28. The van der Waals surface area contributed by atoms with Crippen LogP contribution < -0.4 is 14.2 Å². The number of para-hydroxylation sites is 1. The Morgan fingerprint density at radius 2 is 1.59 bits per heavy atom. The van der Waals surface area contributed by atoms with Gasteiger partial charge in [-0.05, 0) is 28.7 Å². The number of hydrogen-bond donors (Lipinski definition) is 1. The van der Waals surface area contributed by atoms with Gasteiger partial charge in [-0.3, -0.25) is 0 Å². The summed E-state index contributed by atoms with van der Waals surface area (Å²) in [6.07, 6.45) is 0.933. The summed E-state index contributed by atoms with van der Waals surface area (Å²) >= 11 is 0.